The molecular weight excluding hydrogens is 287 g/mol. The fraction of sp³-hybridized carbons (Fsp3) is 0.562. The first-order chi connectivity index (χ1) is 10.0. The maximum atomic E-state index is 13.5. The summed E-state index contributed by atoms with van der Waals surface area (Å²) in [6, 6.07) is 6.41. The second-order valence-electron chi connectivity index (χ2n) is 5.43. The van der Waals surface area contributed by atoms with Gasteiger partial charge in [0, 0.05) is 6.04 Å². The zero-order valence-corrected chi connectivity index (χ0v) is 13.6. The molecule has 1 aromatic carbocycles. The minimum Gasteiger partial charge on any atom is -0.319 e. The SMILES string of the molecule is CCSCCC(C)N1C(=O)C(C)NC1c1cccc(F)c1. The number of benzene rings is 1. The van der Waals surface area contributed by atoms with Crippen LogP contribution in [0.25, 0.3) is 0 Å². The topological polar surface area (TPSA) is 32.3 Å². The summed E-state index contributed by atoms with van der Waals surface area (Å²) in [4.78, 5) is 14.3. The molecule has 1 aliphatic heterocycles. The normalized spacial score (nSPS) is 23.6. The van der Waals surface area contributed by atoms with Crippen molar-refractivity contribution in [2.24, 2.45) is 0 Å². The van der Waals surface area contributed by atoms with Gasteiger partial charge in [-0.15, -0.1) is 0 Å². The van der Waals surface area contributed by atoms with Crippen LogP contribution in [0.15, 0.2) is 24.3 Å². The van der Waals surface area contributed by atoms with Crippen LogP contribution in [0.2, 0.25) is 0 Å². The van der Waals surface area contributed by atoms with E-state index in [0.29, 0.717) is 0 Å². The van der Waals surface area contributed by atoms with E-state index < -0.39 is 0 Å². The van der Waals surface area contributed by atoms with Crippen molar-refractivity contribution in [2.75, 3.05) is 11.5 Å². The van der Waals surface area contributed by atoms with Crippen LogP contribution < -0.4 is 5.32 Å². The van der Waals surface area contributed by atoms with Crippen molar-refractivity contribution in [3.05, 3.63) is 35.6 Å². The van der Waals surface area contributed by atoms with Crippen molar-refractivity contribution in [3.8, 4) is 0 Å². The second-order valence-corrected chi connectivity index (χ2v) is 6.82. The number of hydrogen-bond acceptors (Lipinski definition) is 3. The highest BCUT2D eigenvalue weighted by atomic mass is 32.2. The Labute approximate surface area is 130 Å². The molecule has 0 radical (unpaired) electrons. The third-order valence-corrected chi connectivity index (χ3v) is 4.77. The number of halogens is 1. The lowest BCUT2D eigenvalue weighted by Gasteiger charge is -2.30. The maximum absolute atomic E-state index is 13.5. The second kappa shape index (κ2) is 7.27. The van der Waals surface area contributed by atoms with Gasteiger partial charge < -0.3 is 4.90 Å². The van der Waals surface area contributed by atoms with E-state index in [1.165, 1.54) is 12.1 Å². The average molecular weight is 310 g/mol. The molecular formula is C16H23FN2OS. The predicted octanol–water partition coefficient (Wildman–Crippen LogP) is 3.18. The summed E-state index contributed by atoms with van der Waals surface area (Å²) in [6.45, 7) is 6.07. The fourth-order valence-electron chi connectivity index (χ4n) is 2.68. The number of nitrogens with one attached hydrogen (secondary N) is 1. The highest BCUT2D eigenvalue weighted by molar-refractivity contribution is 7.99. The summed E-state index contributed by atoms with van der Waals surface area (Å²) in [6.07, 6.45) is 0.717. The third kappa shape index (κ3) is 3.77. The van der Waals surface area contributed by atoms with Gasteiger partial charge in [-0.2, -0.15) is 11.8 Å². The first-order valence-electron chi connectivity index (χ1n) is 7.46. The van der Waals surface area contributed by atoms with Crippen molar-refractivity contribution in [1.82, 2.24) is 10.2 Å². The summed E-state index contributed by atoms with van der Waals surface area (Å²) in [5.74, 6) is 1.95. The van der Waals surface area contributed by atoms with E-state index in [9.17, 15) is 9.18 Å². The van der Waals surface area contributed by atoms with Gasteiger partial charge in [0.25, 0.3) is 0 Å². The van der Waals surface area contributed by atoms with Crippen molar-refractivity contribution in [1.29, 1.82) is 0 Å². The van der Waals surface area contributed by atoms with Crippen molar-refractivity contribution < 1.29 is 9.18 Å². The maximum Gasteiger partial charge on any atom is 0.241 e. The van der Waals surface area contributed by atoms with Crippen LogP contribution in [0.5, 0.6) is 0 Å². The third-order valence-electron chi connectivity index (χ3n) is 3.83. The van der Waals surface area contributed by atoms with Crippen LogP contribution in [0.4, 0.5) is 4.39 Å². The molecule has 1 aromatic rings. The van der Waals surface area contributed by atoms with E-state index in [1.54, 1.807) is 6.07 Å². The molecule has 0 aromatic heterocycles. The average Bonchev–Trinajstić information content (AvgIpc) is 2.75. The Balaban J connectivity index is 2.16. The molecule has 21 heavy (non-hydrogen) atoms. The Morgan fingerprint density at radius 1 is 1.48 bits per heavy atom. The van der Waals surface area contributed by atoms with Crippen LogP contribution in [-0.4, -0.2) is 34.4 Å². The molecule has 1 amide bonds. The number of carbonyl (C=O) groups is 1. The van der Waals surface area contributed by atoms with Crippen LogP contribution in [-0.2, 0) is 4.79 Å². The van der Waals surface area contributed by atoms with Crippen LogP contribution in [0.3, 0.4) is 0 Å². The molecule has 0 saturated carbocycles. The van der Waals surface area contributed by atoms with Gasteiger partial charge in [0.2, 0.25) is 5.91 Å². The largest absolute Gasteiger partial charge is 0.319 e. The number of hydrogen-bond donors (Lipinski definition) is 1. The Hall–Kier alpha value is -1.07. The van der Waals surface area contributed by atoms with E-state index in [1.807, 2.05) is 29.7 Å². The minimum atomic E-state index is -0.268. The molecule has 3 unspecified atom stereocenters. The Morgan fingerprint density at radius 3 is 2.90 bits per heavy atom. The number of nitrogens with zero attached hydrogens (tertiary/aromatic N) is 1. The van der Waals surface area contributed by atoms with Gasteiger partial charge in [-0.1, -0.05) is 19.1 Å². The van der Waals surface area contributed by atoms with Crippen LogP contribution >= 0.6 is 11.8 Å². The highest BCUT2D eigenvalue weighted by Gasteiger charge is 2.39. The van der Waals surface area contributed by atoms with Crippen molar-refractivity contribution in [2.45, 2.75) is 45.4 Å². The van der Waals surface area contributed by atoms with E-state index >= 15 is 0 Å². The molecule has 1 heterocycles. The van der Waals surface area contributed by atoms with Crippen LogP contribution in [0.1, 0.15) is 38.9 Å². The smallest absolute Gasteiger partial charge is 0.241 e. The molecule has 2 rings (SSSR count). The standard InChI is InChI=1S/C16H23FN2OS/c1-4-21-9-8-11(2)19-15(18-12(3)16(19)20)13-6-5-7-14(17)10-13/h5-7,10-12,15,18H,4,8-9H2,1-3H3. The lowest BCUT2D eigenvalue weighted by atomic mass is 10.1. The first-order valence-corrected chi connectivity index (χ1v) is 8.61. The summed E-state index contributed by atoms with van der Waals surface area (Å²) in [5.41, 5.74) is 0.808. The predicted molar refractivity (Wildman–Crippen MR) is 85.7 cm³/mol. The molecule has 116 valence electrons. The summed E-state index contributed by atoms with van der Waals surface area (Å²) >= 11 is 1.88. The highest BCUT2D eigenvalue weighted by Crippen LogP contribution is 2.29. The van der Waals surface area contributed by atoms with Gasteiger partial charge in [-0.05, 0) is 49.5 Å². The van der Waals surface area contributed by atoms with E-state index in [4.69, 9.17) is 0 Å². The van der Waals surface area contributed by atoms with Gasteiger partial charge in [0.15, 0.2) is 0 Å². The van der Waals surface area contributed by atoms with Gasteiger partial charge in [-0.3, -0.25) is 10.1 Å². The zero-order valence-electron chi connectivity index (χ0n) is 12.8. The van der Waals surface area contributed by atoms with Crippen LogP contribution in [0, 0.1) is 5.82 Å². The summed E-state index contributed by atoms with van der Waals surface area (Å²) in [7, 11) is 0. The lowest BCUT2D eigenvalue weighted by molar-refractivity contribution is -0.131. The quantitative estimate of drug-likeness (QED) is 0.819. The summed E-state index contributed by atoms with van der Waals surface area (Å²) < 4.78 is 13.5. The van der Waals surface area contributed by atoms with Gasteiger partial charge in [0.1, 0.15) is 12.0 Å². The minimum absolute atomic E-state index is 0.0956. The zero-order chi connectivity index (χ0) is 15.4. The molecule has 1 fully saturated rings. The Kier molecular flexibility index (Phi) is 5.65. The Bertz CT molecular complexity index is 497. The van der Waals surface area contributed by atoms with Gasteiger partial charge in [0.05, 0.1) is 6.04 Å². The molecule has 0 bridgehead atoms. The number of thioether (sulfide) groups is 1. The van der Waals surface area contributed by atoms with E-state index in [-0.39, 0.29) is 30.0 Å². The Morgan fingerprint density at radius 2 is 2.24 bits per heavy atom. The molecule has 1 aliphatic rings. The number of carbonyl (C=O) groups excluding carboxylic acids is 1. The van der Waals surface area contributed by atoms with Crippen molar-refractivity contribution >= 4 is 17.7 Å². The molecule has 0 aliphatic carbocycles. The number of amides is 1. The molecule has 0 spiro atoms. The monoisotopic (exact) mass is 310 g/mol. The molecule has 1 saturated heterocycles. The van der Waals surface area contributed by atoms with E-state index in [2.05, 4.69) is 19.2 Å². The number of rotatable bonds is 6. The molecule has 1 N–H and O–H groups in total. The van der Waals surface area contributed by atoms with Gasteiger partial charge in [-0.25, -0.2) is 4.39 Å². The fourth-order valence-corrected chi connectivity index (χ4v) is 3.48. The molecule has 3 nitrogen and oxygen atoms in total. The first kappa shape index (κ1) is 16.3. The van der Waals surface area contributed by atoms with Gasteiger partial charge >= 0.3 is 0 Å². The molecule has 5 heteroatoms. The summed E-state index contributed by atoms with van der Waals surface area (Å²) in [5, 5.41) is 3.27. The van der Waals surface area contributed by atoms with E-state index in [0.717, 1.165) is 23.5 Å². The lowest BCUT2D eigenvalue weighted by Crippen LogP contribution is -2.38. The van der Waals surface area contributed by atoms with Crippen molar-refractivity contribution in [3.63, 3.8) is 0 Å². The molecule has 3 atom stereocenters.